The van der Waals surface area contributed by atoms with E-state index in [9.17, 15) is 4.79 Å². The van der Waals surface area contributed by atoms with E-state index in [2.05, 4.69) is 53.6 Å². The third-order valence-corrected chi connectivity index (χ3v) is 7.35. The van der Waals surface area contributed by atoms with Gasteiger partial charge in [-0.3, -0.25) is 9.69 Å². The van der Waals surface area contributed by atoms with Gasteiger partial charge in [-0.1, -0.05) is 42.2 Å². The maximum absolute atomic E-state index is 13.1. The van der Waals surface area contributed by atoms with Crippen LogP contribution in [0.4, 0.5) is 11.4 Å². The minimum Gasteiger partial charge on any atom is -0.378 e. The molecule has 0 unspecified atom stereocenters. The normalized spacial score (nSPS) is 17.9. The van der Waals surface area contributed by atoms with Crippen LogP contribution < -0.4 is 9.80 Å². The van der Waals surface area contributed by atoms with Crippen LogP contribution in [-0.4, -0.2) is 41.1 Å². The molecule has 1 amide bonds. The number of aryl methyl sites for hydroxylation is 1. The Morgan fingerprint density at radius 3 is 2.30 bits per heavy atom. The number of morpholine rings is 1. The third-order valence-electron chi connectivity index (χ3n) is 6.05. The van der Waals surface area contributed by atoms with Crippen LogP contribution in [0.15, 0.2) is 65.6 Å². The standard InChI is InChI=1S/C26H25N3O2S2/c1-18-16-20(17-24-25(30)29(26(32)33-24)22-6-4-3-5-7-22)19(2)28(18)23-10-8-21(9-11-23)27-12-14-31-15-13-27/h3-11,16-17H,12-15H2,1-2H3/b24-17-. The summed E-state index contributed by atoms with van der Waals surface area (Å²) in [4.78, 5) is 17.7. The molecule has 5 rings (SSSR count). The van der Waals surface area contributed by atoms with Gasteiger partial charge >= 0.3 is 0 Å². The predicted molar refractivity (Wildman–Crippen MR) is 140 cm³/mol. The molecule has 2 aliphatic heterocycles. The van der Waals surface area contributed by atoms with Crippen molar-refractivity contribution in [1.82, 2.24) is 4.57 Å². The van der Waals surface area contributed by atoms with E-state index < -0.39 is 0 Å². The third kappa shape index (κ3) is 4.24. The summed E-state index contributed by atoms with van der Waals surface area (Å²) in [5.74, 6) is -0.0733. The number of hydrogen-bond donors (Lipinski definition) is 0. The minimum atomic E-state index is -0.0733. The number of benzene rings is 2. The highest BCUT2D eigenvalue weighted by Crippen LogP contribution is 2.37. The van der Waals surface area contributed by atoms with Gasteiger partial charge in [0.05, 0.1) is 23.8 Å². The van der Waals surface area contributed by atoms with Gasteiger partial charge < -0.3 is 14.2 Å². The largest absolute Gasteiger partial charge is 0.378 e. The highest BCUT2D eigenvalue weighted by molar-refractivity contribution is 8.27. The molecule has 168 valence electrons. The number of ether oxygens (including phenoxy) is 1. The topological polar surface area (TPSA) is 37.7 Å². The number of para-hydroxylation sites is 1. The number of amides is 1. The van der Waals surface area contributed by atoms with Crippen LogP contribution >= 0.6 is 24.0 Å². The molecule has 2 aliphatic rings. The molecule has 7 heteroatoms. The second kappa shape index (κ2) is 9.17. The van der Waals surface area contributed by atoms with E-state index in [0.29, 0.717) is 9.23 Å². The molecule has 0 saturated carbocycles. The fourth-order valence-electron chi connectivity index (χ4n) is 4.37. The molecule has 2 saturated heterocycles. The lowest BCUT2D eigenvalue weighted by Gasteiger charge is -2.29. The molecular formula is C26H25N3O2S2. The van der Waals surface area contributed by atoms with Crippen molar-refractivity contribution in [2.75, 3.05) is 36.1 Å². The average Bonchev–Trinajstić information content (AvgIpc) is 3.28. The number of carbonyl (C=O) groups excluding carboxylic acids is 1. The van der Waals surface area contributed by atoms with Crippen molar-refractivity contribution < 1.29 is 9.53 Å². The second-order valence-corrected chi connectivity index (χ2v) is 9.81. The van der Waals surface area contributed by atoms with Crippen LogP contribution in [0.1, 0.15) is 17.0 Å². The average molecular weight is 476 g/mol. The molecule has 0 bridgehead atoms. The lowest BCUT2D eigenvalue weighted by molar-refractivity contribution is -0.113. The first kappa shape index (κ1) is 21.9. The number of hydrogen-bond acceptors (Lipinski definition) is 5. The Morgan fingerprint density at radius 1 is 0.939 bits per heavy atom. The number of nitrogens with zero attached hydrogens (tertiary/aromatic N) is 3. The van der Waals surface area contributed by atoms with Crippen molar-refractivity contribution >= 4 is 51.7 Å². The van der Waals surface area contributed by atoms with Gasteiger partial charge in [0.2, 0.25) is 0 Å². The Bertz CT molecular complexity index is 1230. The fraction of sp³-hybridized carbons (Fsp3) is 0.231. The first-order valence-corrected chi connectivity index (χ1v) is 12.2. The lowest BCUT2D eigenvalue weighted by Crippen LogP contribution is -2.36. The highest BCUT2D eigenvalue weighted by Gasteiger charge is 2.33. The van der Waals surface area contributed by atoms with Crippen LogP contribution in [0.3, 0.4) is 0 Å². The summed E-state index contributed by atoms with van der Waals surface area (Å²) in [6.45, 7) is 7.58. The zero-order valence-corrected chi connectivity index (χ0v) is 20.3. The van der Waals surface area contributed by atoms with E-state index in [4.69, 9.17) is 17.0 Å². The first-order valence-electron chi connectivity index (χ1n) is 11.0. The number of aromatic nitrogens is 1. The molecule has 0 aliphatic carbocycles. The van der Waals surface area contributed by atoms with Gasteiger partial charge in [-0.15, -0.1) is 0 Å². The smallest absolute Gasteiger partial charge is 0.270 e. The van der Waals surface area contributed by atoms with E-state index in [0.717, 1.165) is 54.6 Å². The summed E-state index contributed by atoms with van der Waals surface area (Å²) in [5.41, 5.74) is 6.37. The lowest BCUT2D eigenvalue weighted by atomic mass is 10.2. The van der Waals surface area contributed by atoms with Crippen molar-refractivity contribution in [2.45, 2.75) is 13.8 Å². The van der Waals surface area contributed by atoms with Gasteiger partial charge in [-0.25, -0.2) is 0 Å². The number of carbonyl (C=O) groups is 1. The number of anilines is 2. The van der Waals surface area contributed by atoms with Crippen molar-refractivity contribution in [2.24, 2.45) is 0 Å². The first-order chi connectivity index (χ1) is 16.0. The van der Waals surface area contributed by atoms with Gasteiger partial charge in [0.15, 0.2) is 4.32 Å². The molecule has 33 heavy (non-hydrogen) atoms. The van der Waals surface area contributed by atoms with E-state index in [1.807, 2.05) is 36.4 Å². The van der Waals surface area contributed by atoms with Gasteiger partial charge in [0.25, 0.3) is 5.91 Å². The molecule has 3 heterocycles. The molecule has 3 aromatic rings. The zero-order valence-electron chi connectivity index (χ0n) is 18.7. The van der Waals surface area contributed by atoms with Crippen molar-refractivity contribution in [3.63, 3.8) is 0 Å². The molecule has 0 spiro atoms. The highest BCUT2D eigenvalue weighted by atomic mass is 32.2. The summed E-state index contributed by atoms with van der Waals surface area (Å²) in [5, 5.41) is 0. The van der Waals surface area contributed by atoms with E-state index in [1.165, 1.54) is 17.4 Å². The van der Waals surface area contributed by atoms with Crippen LogP contribution in [0.5, 0.6) is 0 Å². The Labute approximate surface area is 203 Å². The molecular weight excluding hydrogens is 450 g/mol. The van der Waals surface area contributed by atoms with Crippen molar-refractivity contribution in [3.8, 4) is 5.69 Å². The fourth-order valence-corrected chi connectivity index (χ4v) is 5.66. The number of thioether (sulfide) groups is 1. The van der Waals surface area contributed by atoms with Crippen molar-refractivity contribution in [3.05, 3.63) is 82.5 Å². The Morgan fingerprint density at radius 2 is 1.61 bits per heavy atom. The number of thiocarbonyl (C=S) groups is 1. The van der Waals surface area contributed by atoms with Crippen LogP contribution in [0.2, 0.25) is 0 Å². The summed E-state index contributed by atoms with van der Waals surface area (Å²) < 4.78 is 8.25. The predicted octanol–water partition coefficient (Wildman–Crippen LogP) is 5.34. The SMILES string of the molecule is Cc1cc(/C=C2\SC(=S)N(c3ccccc3)C2=O)c(C)n1-c1ccc(N2CCOCC2)cc1. The molecule has 5 nitrogen and oxygen atoms in total. The summed E-state index contributed by atoms with van der Waals surface area (Å²) in [6, 6.07) is 20.3. The molecule has 0 atom stereocenters. The maximum Gasteiger partial charge on any atom is 0.270 e. The van der Waals surface area contributed by atoms with Gasteiger partial charge in [0.1, 0.15) is 0 Å². The van der Waals surface area contributed by atoms with Crippen LogP contribution in [0.25, 0.3) is 11.8 Å². The van der Waals surface area contributed by atoms with E-state index in [1.54, 1.807) is 4.90 Å². The second-order valence-electron chi connectivity index (χ2n) is 8.13. The Hall–Kier alpha value is -2.87. The molecule has 0 N–H and O–H groups in total. The Kier molecular flexibility index (Phi) is 6.10. The van der Waals surface area contributed by atoms with Gasteiger partial charge in [-0.05, 0) is 68.0 Å². The van der Waals surface area contributed by atoms with Crippen LogP contribution in [-0.2, 0) is 9.53 Å². The minimum absolute atomic E-state index is 0.0733. The summed E-state index contributed by atoms with van der Waals surface area (Å²) in [6.07, 6.45) is 1.96. The quantitative estimate of drug-likeness (QED) is 0.376. The molecule has 2 aromatic carbocycles. The summed E-state index contributed by atoms with van der Waals surface area (Å²) >= 11 is 6.86. The number of rotatable bonds is 4. The van der Waals surface area contributed by atoms with Gasteiger partial charge in [-0.2, -0.15) is 0 Å². The summed E-state index contributed by atoms with van der Waals surface area (Å²) in [7, 11) is 0. The molecule has 0 radical (unpaired) electrons. The molecule has 1 aromatic heterocycles. The maximum atomic E-state index is 13.1. The monoisotopic (exact) mass is 475 g/mol. The molecule has 2 fully saturated rings. The van der Waals surface area contributed by atoms with Crippen molar-refractivity contribution in [1.29, 1.82) is 0 Å². The van der Waals surface area contributed by atoms with Crippen LogP contribution in [0, 0.1) is 13.8 Å². The Balaban J connectivity index is 1.42. The van der Waals surface area contributed by atoms with E-state index >= 15 is 0 Å². The van der Waals surface area contributed by atoms with E-state index in [-0.39, 0.29) is 5.91 Å². The zero-order chi connectivity index (χ0) is 22.9. The van der Waals surface area contributed by atoms with Gasteiger partial charge in [0, 0.05) is 35.9 Å².